The predicted molar refractivity (Wildman–Crippen MR) is 106 cm³/mol. The van der Waals surface area contributed by atoms with Crippen LogP contribution in [-0.2, 0) is 16.1 Å². The van der Waals surface area contributed by atoms with E-state index in [4.69, 9.17) is 4.74 Å². The molecule has 3 heteroatoms. The number of rotatable bonds is 10. The number of carbonyl (C=O) groups is 1. The van der Waals surface area contributed by atoms with Crippen molar-refractivity contribution in [1.29, 1.82) is 0 Å². The van der Waals surface area contributed by atoms with Crippen LogP contribution in [0.5, 0.6) is 0 Å². The van der Waals surface area contributed by atoms with Gasteiger partial charge in [-0.25, -0.2) is 0 Å². The van der Waals surface area contributed by atoms with Crippen molar-refractivity contribution < 1.29 is 9.53 Å². The van der Waals surface area contributed by atoms with Gasteiger partial charge in [0, 0.05) is 12.3 Å². The summed E-state index contributed by atoms with van der Waals surface area (Å²) in [7, 11) is 0. The molecule has 0 fully saturated rings. The van der Waals surface area contributed by atoms with E-state index in [1.807, 2.05) is 67.6 Å². The Morgan fingerprint density at radius 1 is 1.12 bits per heavy atom. The van der Waals surface area contributed by atoms with Crippen molar-refractivity contribution in [3.05, 3.63) is 96.7 Å². The number of hydrogen-bond acceptors (Lipinski definition) is 2. The second kappa shape index (κ2) is 10.4. The van der Waals surface area contributed by atoms with Crippen molar-refractivity contribution in [2.24, 2.45) is 0 Å². The molecule has 0 aliphatic heterocycles. The maximum atomic E-state index is 12.4. The fourth-order valence-corrected chi connectivity index (χ4v) is 2.86. The monoisotopic (exact) mass is 349 g/mol. The van der Waals surface area contributed by atoms with Gasteiger partial charge < -0.3 is 9.64 Å². The van der Waals surface area contributed by atoms with Crippen LogP contribution < -0.4 is 0 Å². The molecular weight excluding hydrogens is 322 g/mol. The Hall–Kier alpha value is -2.65. The van der Waals surface area contributed by atoms with E-state index < -0.39 is 0 Å². The first-order valence-electron chi connectivity index (χ1n) is 8.93. The van der Waals surface area contributed by atoms with Gasteiger partial charge in [0.15, 0.2) is 0 Å². The average Bonchev–Trinajstić information content (AvgIpc) is 2.69. The molecule has 0 heterocycles. The zero-order chi connectivity index (χ0) is 18.8. The molecule has 2 aromatic carbocycles. The van der Waals surface area contributed by atoms with Crippen LogP contribution in [0.2, 0.25) is 0 Å². The average molecular weight is 349 g/mol. The second-order valence-corrected chi connectivity index (χ2v) is 6.21. The molecule has 0 aliphatic rings. The normalized spacial score (nSPS) is 11.6. The summed E-state index contributed by atoms with van der Waals surface area (Å²) >= 11 is 0. The third-order valence-corrected chi connectivity index (χ3v) is 4.29. The molecule has 0 saturated carbocycles. The van der Waals surface area contributed by atoms with Gasteiger partial charge in [-0.15, -0.1) is 0 Å². The number of nitrogens with zero attached hydrogens (tertiary/aromatic N) is 1. The Kier molecular flexibility index (Phi) is 7.84. The predicted octanol–water partition coefficient (Wildman–Crippen LogP) is 5.27. The number of carbonyl (C=O) groups excluding carboxylic acids is 1. The van der Waals surface area contributed by atoms with E-state index in [0.29, 0.717) is 19.6 Å². The van der Waals surface area contributed by atoms with Crippen molar-refractivity contribution in [2.45, 2.75) is 32.4 Å². The second-order valence-electron chi connectivity index (χ2n) is 6.21. The minimum Gasteiger partial charge on any atom is -0.377 e. The Balaban J connectivity index is 1.86. The Morgan fingerprint density at radius 3 is 2.35 bits per heavy atom. The highest BCUT2D eigenvalue weighted by atomic mass is 16.5. The van der Waals surface area contributed by atoms with Gasteiger partial charge >= 0.3 is 0 Å². The molecule has 0 N–H and O–H groups in total. The van der Waals surface area contributed by atoms with Crippen LogP contribution in [0.15, 0.2) is 85.6 Å². The van der Waals surface area contributed by atoms with Crippen LogP contribution in [0.3, 0.4) is 0 Å². The molecule has 136 valence electrons. The third kappa shape index (κ3) is 5.71. The first-order chi connectivity index (χ1) is 12.6. The third-order valence-electron chi connectivity index (χ3n) is 4.29. The van der Waals surface area contributed by atoms with E-state index in [9.17, 15) is 4.79 Å². The van der Waals surface area contributed by atoms with E-state index in [0.717, 1.165) is 23.2 Å². The number of hydrogen-bond donors (Lipinski definition) is 0. The van der Waals surface area contributed by atoms with E-state index in [1.165, 1.54) is 6.08 Å². The standard InChI is InChI=1S/C23H27NO2/c1-4-23(25)24(20(3)22-15-9-6-10-16-22)19(2)12-11-17-26-18-21-13-7-5-8-14-21/h4-10,13-16,20H,1-2,11-12,17-18H2,3H3/t20-/m0/s1. The van der Waals surface area contributed by atoms with Crippen LogP contribution in [0.1, 0.15) is 36.9 Å². The van der Waals surface area contributed by atoms with Gasteiger partial charge in [-0.2, -0.15) is 0 Å². The van der Waals surface area contributed by atoms with Crippen molar-refractivity contribution in [2.75, 3.05) is 6.61 Å². The summed E-state index contributed by atoms with van der Waals surface area (Å²) in [6, 6.07) is 20.0. The molecule has 2 rings (SSSR count). The van der Waals surface area contributed by atoms with Gasteiger partial charge in [0.2, 0.25) is 0 Å². The lowest BCUT2D eigenvalue weighted by molar-refractivity contribution is -0.126. The molecule has 0 radical (unpaired) electrons. The SMILES string of the molecule is C=CC(=O)N(C(=C)CCCOCc1ccccc1)[C@@H](C)c1ccccc1. The first kappa shape index (κ1) is 19.7. The topological polar surface area (TPSA) is 29.5 Å². The van der Waals surface area contributed by atoms with Gasteiger partial charge in [-0.1, -0.05) is 73.8 Å². The highest BCUT2D eigenvalue weighted by molar-refractivity contribution is 5.88. The van der Waals surface area contributed by atoms with E-state index in [1.54, 1.807) is 4.90 Å². The van der Waals surface area contributed by atoms with Crippen LogP contribution in [0, 0.1) is 0 Å². The lowest BCUT2D eigenvalue weighted by Crippen LogP contribution is -2.31. The van der Waals surface area contributed by atoms with Gasteiger partial charge in [0.05, 0.1) is 12.6 Å². The van der Waals surface area contributed by atoms with Crippen LogP contribution in [0.25, 0.3) is 0 Å². The zero-order valence-electron chi connectivity index (χ0n) is 15.4. The molecule has 0 bridgehead atoms. The number of ether oxygens (including phenoxy) is 1. The van der Waals surface area contributed by atoms with Crippen LogP contribution in [0.4, 0.5) is 0 Å². The summed E-state index contributed by atoms with van der Waals surface area (Å²) in [5, 5.41) is 0. The van der Waals surface area contributed by atoms with Gasteiger partial charge in [0.25, 0.3) is 5.91 Å². The highest BCUT2D eigenvalue weighted by Gasteiger charge is 2.21. The molecule has 0 aliphatic carbocycles. The van der Waals surface area contributed by atoms with Gasteiger partial charge in [-0.3, -0.25) is 4.79 Å². The molecule has 3 nitrogen and oxygen atoms in total. The Bertz CT molecular complexity index is 710. The smallest absolute Gasteiger partial charge is 0.250 e. The summed E-state index contributed by atoms with van der Waals surface area (Å²) in [6.45, 7) is 11.0. The quantitative estimate of drug-likeness (QED) is 0.432. The van der Waals surface area contributed by atoms with E-state index in [-0.39, 0.29) is 11.9 Å². The summed E-state index contributed by atoms with van der Waals surface area (Å²) in [5.74, 6) is -0.128. The molecule has 0 spiro atoms. The maximum Gasteiger partial charge on any atom is 0.250 e. The molecule has 0 aromatic heterocycles. The number of benzene rings is 2. The first-order valence-corrected chi connectivity index (χ1v) is 8.93. The molecular formula is C23H27NO2. The highest BCUT2D eigenvalue weighted by Crippen LogP contribution is 2.26. The van der Waals surface area contributed by atoms with Crippen molar-refractivity contribution in [1.82, 2.24) is 4.90 Å². The Morgan fingerprint density at radius 2 is 1.73 bits per heavy atom. The summed E-state index contributed by atoms with van der Waals surface area (Å²) in [4.78, 5) is 14.1. The molecule has 1 amide bonds. The largest absolute Gasteiger partial charge is 0.377 e. The number of allylic oxidation sites excluding steroid dienone is 1. The van der Waals surface area contributed by atoms with Crippen LogP contribution >= 0.6 is 0 Å². The molecule has 0 unspecified atom stereocenters. The number of amides is 1. The van der Waals surface area contributed by atoms with Crippen LogP contribution in [-0.4, -0.2) is 17.4 Å². The van der Waals surface area contributed by atoms with Crippen molar-refractivity contribution >= 4 is 5.91 Å². The van der Waals surface area contributed by atoms with Gasteiger partial charge in [-0.05, 0) is 37.0 Å². The molecule has 1 atom stereocenters. The minimum absolute atomic E-state index is 0.0839. The lowest BCUT2D eigenvalue weighted by Gasteiger charge is -2.30. The van der Waals surface area contributed by atoms with Crippen molar-refractivity contribution in [3.63, 3.8) is 0 Å². The zero-order valence-corrected chi connectivity index (χ0v) is 15.4. The lowest BCUT2D eigenvalue weighted by atomic mass is 10.1. The molecule has 2 aromatic rings. The molecule has 0 saturated heterocycles. The maximum absolute atomic E-state index is 12.4. The fourth-order valence-electron chi connectivity index (χ4n) is 2.86. The summed E-state index contributed by atoms with van der Waals surface area (Å²) in [6.07, 6.45) is 2.86. The summed E-state index contributed by atoms with van der Waals surface area (Å²) in [5.41, 5.74) is 3.02. The minimum atomic E-state index is -0.128. The van der Waals surface area contributed by atoms with Gasteiger partial charge in [0.1, 0.15) is 0 Å². The Labute approximate surface area is 156 Å². The summed E-state index contributed by atoms with van der Waals surface area (Å²) < 4.78 is 5.72. The fraction of sp³-hybridized carbons (Fsp3) is 0.261. The van der Waals surface area contributed by atoms with Crippen molar-refractivity contribution in [3.8, 4) is 0 Å². The molecule has 26 heavy (non-hydrogen) atoms. The van der Waals surface area contributed by atoms with E-state index >= 15 is 0 Å². The van der Waals surface area contributed by atoms with E-state index in [2.05, 4.69) is 13.2 Å².